The fourth-order valence-corrected chi connectivity index (χ4v) is 8.81. The molecule has 5 nitrogen and oxygen atoms in total. The van der Waals surface area contributed by atoms with Gasteiger partial charge >= 0.3 is 0 Å². The molecule has 2 aromatic heterocycles. The zero-order chi connectivity index (χ0) is 36.7. The van der Waals surface area contributed by atoms with Gasteiger partial charge in [0.2, 0.25) is 0 Å². The quantitative estimate of drug-likeness (QED) is 0.182. The molecule has 262 valence electrons. The molecule has 9 aromatic rings. The maximum absolute atomic E-state index is 6.79. The zero-order valence-corrected chi connectivity index (χ0v) is 30.5. The van der Waals surface area contributed by atoms with Crippen molar-refractivity contribution in [3.63, 3.8) is 0 Å². The Labute approximate surface area is 319 Å². The Morgan fingerprint density at radius 1 is 0.564 bits per heavy atom. The van der Waals surface area contributed by atoms with Gasteiger partial charge in [-0.15, -0.1) is 0 Å². The summed E-state index contributed by atoms with van der Waals surface area (Å²) in [4.78, 5) is 14.9. The maximum atomic E-state index is 6.79. The molecular weight excluding hydrogens is 675 g/mol. The van der Waals surface area contributed by atoms with Crippen LogP contribution in [0, 0.1) is 0 Å². The van der Waals surface area contributed by atoms with Gasteiger partial charge in [-0.2, -0.15) is 0 Å². The summed E-state index contributed by atoms with van der Waals surface area (Å²) >= 11 is 0. The normalized spacial score (nSPS) is 15.1. The third kappa shape index (κ3) is 4.96. The molecule has 1 aliphatic carbocycles. The van der Waals surface area contributed by atoms with Crippen molar-refractivity contribution in [3.8, 4) is 56.8 Å². The summed E-state index contributed by atoms with van der Waals surface area (Å²) in [6.45, 7) is 4.61. The molecule has 1 atom stereocenters. The number of nitrogens with zero attached hydrogens (tertiary/aromatic N) is 3. The molecule has 3 heterocycles. The molecule has 0 saturated carbocycles. The first kappa shape index (κ1) is 31.7. The van der Waals surface area contributed by atoms with Gasteiger partial charge < -0.3 is 9.15 Å². The lowest BCUT2D eigenvalue weighted by molar-refractivity contribution is 0.418. The van der Waals surface area contributed by atoms with E-state index < -0.39 is 0 Å². The van der Waals surface area contributed by atoms with E-state index in [1.165, 1.54) is 38.9 Å². The number of hydrogen-bond acceptors (Lipinski definition) is 5. The van der Waals surface area contributed by atoms with Crippen molar-refractivity contribution in [2.75, 3.05) is 0 Å². The minimum atomic E-state index is -0.176. The first-order chi connectivity index (χ1) is 27.0. The molecule has 0 saturated heterocycles. The Morgan fingerprint density at radius 2 is 1.24 bits per heavy atom. The third-order valence-corrected chi connectivity index (χ3v) is 11.6. The van der Waals surface area contributed by atoms with Crippen LogP contribution in [0.1, 0.15) is 47.6 Å². The highest BCUT2D eigenvalue weighted by molar-refractivity contribution is 6.09. The molecule has 5 heteroatoms. The fourth-order valence-electron chi connectivity index (χ4n) is 8.81. The Balaban J connectivity index is 1.03. The smallest absolute Gasteiger partial charge is 0.167 e. The Kier molecular flexibility index (Phi) is 6.96. The van der Waals surface area contributed by atoms with E-state index in [0.717, 1.165) is 56.5 Å². The average Bonchev–Trinajstić information content (AvgIpc) is 3.62. The van der Waals surface area contributed by atoms with E-state index in [-0.39, 0.29) is 11.3 Å². The van der Waals surface area contributed by atoms with Crippen molar-refractivity contribution < 1.29 is 9.15 Å². The molecule has 7 aromatic carbocycles. The van der Waals surface area contributed by atoms with Crippen LogP contribution >= 0.6 is 0 Å². The van der Waals surface area contributed by atoms with Crippen molar-refractivity contribution in [2.24, 2.45) is 0 Å². The largest absolute Gasteiger partial charge is 0.456 e. The molecule has 55 heavy (non-hydrogen) atoms. The SMILES string of the molecule is CC1(C)c2ccccc2Oc2c1ccc1c2-c2ccccc2C(c2ccc3oc4c(-c5nc(-c6ccccc6)nc(-c6ccccc6)n5)cccc4c3c2)C1. The van der Waals surface area contributed by atoms with Crippen LogP contribution in [0.2, 0.25) is 0 Å². The number of rotatable bonds is 4. The molecule has 0 radical (unpaired) electrons. The van der Waals surface area contributed by atoms with Crippen LogP contribution in [0.15, 0.2) is 162 Å². The van der Waals surface area contributed by atoms with Gasteiger partial charge in [0.25, 0.3) is 0 Å². The molecule has 1 aliphatic heterocycles. The molecule has 0 spiro atoms. The van der Waals surface area contributed by atoms with Gasteiger partial charge in [-0.3, -0.25) is 0 Å². The van der Waals surface area contributed by atoms with E-state index in [0.29, 0.717) is 17.5 Å². The van der Waals surface area contributed by atoms with Gasteiger partial charge in [0.15, 0.2) is 17.5 Å². The number of hydrogen-bond donors (Lipinski definition) is 0. The van der Waals surface area contributed by atoms with Crippen LogP contribution < -0.4 is 4.74 Å². The van der Waals surface area contributed by atoms with E-state index >= 15 is 0 Å². The van der Waals surface area contributed by atoms with Crippen LogP contribution in [0.5, 0.6) is 11.5 Å². The number of benzene rings is 7. The molecule has 11 rings (SSSR count). The van der Waals surface area contributed by atoms with E-state index in [4.69, 9.17) is 24.1 Å². The Morgan fingerprint density at radius 3 is 2.02 bits per heavy atom. The molecular formula is C50H35N3O2. The molecule has 2 aliphatic rings. The molecule has 0 N–H and O–H groups in total. The van der Waals surface area contributed by atoms with E-state index in [1.807, 2.05) is 66.7 Å². The standard InChI is InChI=1S/C50H35N3O2/c1-50(2)40-22-11-12-23-43(40)55-46-41(50)26-24-33-29-38(34-18-9-10-19-35(34)44(33)46)32-25-27-42-39(28-32)36-20-13-21-37(45(36)54-42)49-52-47(30-14-5-3-6-15-30)51-48(53-49)31-16-7-4-8-17-31/h3-28,38H,29H2,1-2H3. The highest BCUT2D eigenvalue weighted by atomic mass is 16.5. The van der Waals surface area contributed by atoms with Crippen molar-refractivity contribution in [1.82, 2.24) is 15.0 Å². The molecule has 0 bridgehead atoms. The lowest BCUT2D eigenvalue weighted by Crippen LogP contribution is -2.25. The monoisotopic (exact) mass is 709 g/mol. The summed E-state index contributed by atoms with van der Waals surface area (Å²) in [5.41, 5.74) is 12.9. The number of fused-ring (bicyclic) bond motifs is 9. The number of ether oxygens (including phenoxy) is 1. The van der Waals surface area contributed by atoms with E-state index in [2.05, 4.69) is 105 Å². The van der Waals surface area contributed by atoms with Crippen molar-refractivity contribution >= 4 is 21.9 Å². The van der Waals surface area contributed by atoms with Crippen molar-refractivity contribution in [3.05, 3.63) is 186 Å². The van der Waals surface area contributed by atoms with Crippen LogP contribution in [0.25, 0.3) is 67.2 Å². The third-order valence-electron chi connectivity index (χ3n) is 11.6. The Bertz CT molecular complexity index is 2910. The molecule has 1 unspecified atom stereocenters. The van der Waals surface area contributed by atoms with E-state index in [1.54, 1.807) is 0 Å². The van der Waals surface area contributed by atoms with Crippen molar-refractivity contribution in [2.45, 2.75) is 31.6 Å². The summed E-state index contributed by atoms with van der Waals surface area (Å²) < 4.78 is 13.5. The average molecular weight is 710 g/mol. The van der Waals surface area contributed by atoms with E-state index in [9.17, 15) is 0 Å². The summed E-state index contributed by atoms with van der Waals surface area (Å²) in [5.74, 6) is 3.90. The first-order valence-corrected chi connectivity index (χ1v) is 18.9. The predicted molar refractivity (Wildman–Crippen MR) is 219 cm³/mol. The Hall–Kier alpha value is -6.85. The fraction of sp³-hybridized carbons (Fsp3) is 0.100. The van der Waals surface area contributed by atoms with Gasteiger partial charge in [-0.1, -0.05) is 147 Å². The van der Waals surface area contributed by atoms with Crippen LogP contribution in [-0.4, -0.2) is 15.0 Å². The highest BCUT2D eigenvalue weighted by Gasteiger charge is 2.38. The second kappa shape index (κ2) is 12.1. The van der Waals surface area contributed by atoms with Gasteiger partial charge in [-0.05, 0) is 52.9 Å². The minimum Gasteiger partial charge on any atom is -0.456 e. The van der Waals surface area contributed by atoms with Gasteiger partial charge in [0, 0.05) is 49.9 Å². The summed E-state index contributed by atoms with van der Waals surface area (Å²) in [6.07, 6.45) is 0.868. The van der Waals surface area contributed by atoms with Gasteiger partial charge in [0.05, 0.1) is 5.56 Å². The second-order valence-corrected chi connectivity index (χ2v) is 15.1. The lowest BCUT2D eigenvalue weighted by Gasteiger charge is -2.38. The molecule has 0 amide bonds. The first-order valence-electron chi connectivity index (χ1n) is 18.9. The summed E-state index contributed by atoms with van der Waals surface area (Å²) in [5, 5.41) is 2.11. The van der Waals surface area contributed by atoms with Crippen LogP contribution in [0.3, 0.4) is 0 Å². The minimum absolute atomic E-state index is 0.161. The topological polar surface area (TPSA) is 61.0 Å². The van der Waals surface area contributed by atoms with Gasteiger partial charge in [-0.25, -0.2) is 15.0 Å². The van der Waals surface area contributed by atoms with Crippen LogP contribution in [-0.2, 0) is 11.8 Å². The summed E-state index contributed by atoms with van der Waals surface area (Å²) in [6, 6.07) is 55.0. The number of para-hydroxylation sites is 2. The summed E-state index contributed by atoms with van der Waals surface area (Å²) in [7, 11) is 0. The van der Waals surface area contributed by atoms with Gasteiger partial charge in [0.1, 0.15) is 22.7 Å². The number of furan rings is 1. The van der Waals surface area contributed by atoms with Crippen molar-refractivity contribution in [1.29, 1.82) is 0 Å². The lowest BCUT2D eigenvalue weighted by atomic mass is 9.70. The number of aromatic nitrogens is 3. The predicted octanol–water partition coefficient (Wildman–Crippen LogP) is 12.6. The van der Waals surface area contributed by atoms with Crippen LogP contribution in [0.4, 0.5) is 0 Å². The highest BCUT2D eigenvalue weighted by Crippen LogP contribution is 2.55. The second-order valence-electron chi connectivity index (χ2n) is 15.1. The zero-order valence-electron chi connectivity index (χ0n) is 30.5. The molecule has 0 fully saturated rings. The maximum Gasteiger partial charge on any atom is 0.167 e.